The van der Waals surface area contributed by atoms with E-state index in [-0.39, 0.29) is 37.5 Å². The van der Waals surface area contributed by atoms with Crippen LogP contribution in [0.15, 0.2) is 54.6 Å². The number of carboxylic acid groups (broad SMARTS) is 1. The van der Waals surface area contributed by atoms with Gasteiger partial charge in [-0.1, -0.05) is 60.2 Å². The molecular weight excluding hydrogens is 524 g/mol. The van der Waals surface area contributed by atoms with Crippen molar-refractivity contribution >= 4 is 23.8 Å². The smallest absolute Gasteiger partial charge is 0.405 e. The quantitative estimate of drug-likeness (QED) is 0.430. The molecule has 2 aromatic carbocycles. The third-order valence-corrected chi connectivity index (χ3v) is 8.20. The summed E-state index contributed by atoms with van der Waals surface area (Å²) in [6.07, 6.45) is -0.0433. The van der Waals surface area contributed by atoms with E-state index in [0.717, 1.165) is 16.7 Å². The fraction of sp³-hybridized carbons (Fsp3) is 0.484. The summed E-state index contributed by atoms with van der Waals surface area (Å²) in [4.78, 5) is 55.4. The van der Waals surface area contributed by atoms with E-state index in [0.29, 0.717) is 25.9 Å². The molecule has 0 aromatic heterocycles. The molecule has 2 unspecified atom stereocenters. The van der Waals surface area contributed by atoms with Crippen molar-refractivity contribution in [3.63, 3.8) is 0 Å². The predicted octanol–water partition coefficient (Wildman–Crippen LogP) is 2.91. The Kier molecular flexibility index (Phi) is 9.01. The van der Waals surface area contributed by atoms with Crippen LogP contribution in [0.4, 0.5) is 4.79 Å². The van der Waals surface area contributed by atoms with Gasteiger partial charge in [0.1, 0.15) is 11.6 Å². The van der Waals surface area contributed by atoms with Gasteiger partial charge in [0.25, 0.3) is 0 Å². The lowest BCUT2D eigenvalue weighted by atomic mass is 9.69. The van der Waals surface area contributed by atoms with Crippen molar-refractivity contribution in [3.8, 4) is 0 Å². The molecule has 0 radical (unpaired) electrons. The summed E-state index contributed by atoms with van der Waals surface area (Å²) in [5, 5.41) is 14.1. The Balaban J connectivity index is 1.56. The van der Waals surface area contributed by atoms with E-state index in [2.05, 4.69) is 22.8 Å². The van der Waals surface area contributed by atoms with Gasteiger partial charge < -0.3 is 30.3 Å². The molecule has 1 spiro atoms. The van der Waals surface area contributed by atoms with Crippen molar-refractivity contribution in [1.29, 1.82) is 0 Å². The van der Waals surface area contributed by atoms with E-state index >= 15 is 0 Å². The van der Waals surface area contributed by atoms with E-state index in [1.807, 2.05) is 49.4 Å². The number of nitrogens with zero attached hydrogens (tertiary/aromatic N) is 2. The minimum Gasteiger partial charge on any atom is -0.465 e. The van der Waals surface area contributed by atoms with Crippen LogP contribution in [0, 0.1) is 12.3 Å². The molecule has 2 heterocycles. The first kappa shape index (κ1) is 30.0. The molecule has 3 N–H and O–H groups in total. The summed E-state index contributed by atoms with van der Waals surface area (Å²) in [5.41, 5.74) is 0.876. The number of likely N-dealkylation sites (N-methyl/N-ethyl adjacent to an activating group) is 1. The number of amides is 4. The lowest BCUT2D eigenvalue weighted by Crippen LogP contribution is -2.61. The number of aryl methyl sites for hydroxylation is 1. The Hall–Kier alpha value is -3.92. The van der Waals surface area contributed by atoms with Crippen LogP contribution in [-0.2, 0) is 25.7 Å². The molecular formula is C31H40N4O6. The van der Waals surface area contributed by atoms with E-state index in [1.165, 1.54) is 13.8 Å². The molecule has 0 bridgehead atoms. The number of hydrogen-bond donors (Lipinski definition) is 3. The molecule has 220 valence electrons. The van der Waals surface area contributed by atoms with Crippen molar-refractivity contribution < 1.29 is 29.0 Å². The van der Waals surface area contributed by atoms with Gasteiger partial charge in [-0.05, 0) is 44.7 Å². The third kappa shape index (κ3) is 6.70. The van der Waals surface area contributed by atoms with Gasteiger partial charge in [-0.3, -0.25) is 14.4 Å². The van der Waals surface area contributed by atoms with Gasteiger partial charge in [0.15, 0.2) is 0 Å². The van der Waals surface area contributed by atoms with Crippen LogP contribution in [0.25, 0.3) is 0 Å². The second-order valence-electron chi connectivity index (χ2n) is 11.8. The van der Waals surface area contributed by atoms with Crippen LogP contribution in [0.3, 0.4) is 0 Å². The van der Waals surface area contributed by atoms with Gasteiger partial charge in [0, 0.05) is 32.6 Å². The normalized spacial score (nSPS) is 21.6. The maximum atomic E-state index is 14.0. The summed E-state index contributed by atoms with van der Waals surface area (Å²) in [5.74, 6) is -1.06. The first-order chi connectivity index (χ1) is 19.4. The number of rotatable bonds is 9. The van der Waals surface area contributed by atoms with E-state index in [1.54, 1.807) is 16.8 Å². The number of benzene rings is 2. The molecule has 0 aliphatic carbocycles. The Morgan fingerprint density at radius 1 is 1.12 bits per heavy atom. The average molecular weight is 565 g/mol. The molecule has 4 rings (SSSR count). The van der Waals surface area contributed by atoms with Crippen LogP contribution >= 0.6 is 0 Å². The van der Waals surface area contributed by atoms with Gasteiger partial charge in [0.2, 0.25) is 17.7 Å². The Bertz CT molecular complexity index is 1270. The molecule has 2 aliphatic heterocycles. The maximum absolute atomic E-state index is 14.0. The Morgan fingerprint density at radius 2 is 1.80 bits per heavy atom. The number of piperidine rings is 1. The monoisotopic (exact) mass is 564 g/mol. The van der Waals surface area contributed by atoms with Crippen LogP contribution in [0.5, 0.6) is 0 Å². The Labute approximate surface area is 241 Å². The molecule has 10 nitrogen and oxygen atoms in total. The summed E-state index contributed by atoms with van der Waals surface area (Å²) in [6.45, 7) is 6.25. The summed E-state index contributed by atoms with van der Waals surface area (Å²) in [7, 11) is 1.80. The molecule has 2 fully saturated rings. The molecule has 0 saturated carbocycles. The van der Waals surface area contributed by atoms with Gasteiger partial charge in [-0.15, -0.1) is 0 Å². The molecule has 3 atom stereocenters. The number of likely N-dealkylation sites (tertiary alicyclic amines) is 2. The van der Waals surface area contributed by atoms with E-state index in [4.69, 9.17) is 4.74 Å². The lowest BCUT2D eigenvalue weighted by molar-refractivity contribution is -0.147. The molecule has 4 amide bonds. The predicted molar refractivity (Wildman–Crippen MR) is 153 cm³/mol. The van der Waals surface area contributed by atoms with Gasteiger partial charge in [-0.2, -0.15) is 0 Å². The van der Waals surface area contributed by atoms with Gasteiger partial charge in [0.05, 0.1) is 18.6 Å². The van der Waals surface area contributed by atoms with Crippen LogP contribution in [0.2, 0.25) is 0 Å². The molecule has 2 saturated heterocycles. The lowest BCUT2D eigenvalue weighted by Gasteiger charge is -2.43. The van der Waals surface area contributed by atoms with Gasteiger partial charge in [-0.25, -0.2) is 4.79 Å². The zero-order valence-electron chi connectivity index (χ0n) is 24.2. The first-order valence-corrected chi connectivity index (χ1v) is 14.0. The van der Waals surface area contributed by atoms with Crippen LogP contribution < -0.4 is 10.6 Å². The zero-order chi connectivity index (χ0) is 29.8. The number of ether oxygens (including phenoxy) is 1. The molecule has 41 heavy (non-hydrogen) atoms. The first-order valence-electron chi connectivity index (χ1n) is 14.0. The number of hydrogen-bond acceptors (Lipinski definition) is 5. The fourth-order valence-corrected chi connectivity index (χ4v) is 5.94. The minimum atomic E-state index is -1.48. The summed E-state index contributed by atoms with van der Waals surface area (Å²) >= 11 is 0. The molecule has 2 aromatic rings. The summed E-state index contributed by atoms with van der Waals surface area (Å²) < 4.78 is 5.87. The average Bonchev–Trinajstić information content (AvgIpc) is 3.17. The fourth-order valence-electron chi connectivity index (χ4n) is 5.94. The van der Waals surface area contributed by atoms with E-state index in [9.17, 15) is 24.3 Å². The van der Waals surface area contributed by atoms with Crippen LogP contribution in [0.1, 0.15) is 49.3 Å². The number of carbonyl (C=O) groups excluding carboxylic acids is 3. The van der Waals surface area contributed by atoms with Crippen molar-refractivity contribution in [2.45, 2.75) is 57.7 Å². The van der Waals surface area contributed by atoms with Crippen molar-refractivity contribution in [1.82, 2.24) is 20.4 Å². The minimum absolute atomic E-state index is 0.0216. The highest BCUT2D eigenvalue weighted by Gasteiger charge is 2.56. The SMILES string of the molecule is Cc1ccc(C2CN(C)C(=O)C23CCCN(C(=O)[C@@H](COCc2ccccc2)NC(=O)C(C)(C)NC(=O)O)C3)cc1. The Morgan fingerprint density at radius 3 is 2.46 bits per heavy atom. The van der Waals surface area contributed by atoms with Gasteiger partial charge >= 0.3 is 6.09 Å². The van der Waals surface area contributed by atoms with Crippen LogP contribution in [-0.4, -0.2) is 83.6 Å². The highest BCUT2D eigenvalue weighted by atomic mass is 16.5. The molecule has 10 heteroatoms. The highest BCUT2D eigenvalue weighted by Crippen LogP contribution is 2.49. The van der Waals surface area contributed by atoms with Crippen molar-refractivity contribution in [2.24, 2.45) is 5.41 Å². The van der Waals surface area contributed by atoms with E-state index < -0.39 is 29.0 Å². The molecule has 2 aliphatic rings. The number of nitrogens with one attached hydrogen (secondary N) is 2. The zero-order valence-corrected chi connectivity index (χ0v) is 24.2. The number of carbonyl (C=O) groups is 4. The maximum Gasteiger partial charge on any atom is 0.405 e. The topological polar surface area (TPSA) is 128 Å². The second kappa shape index (κ2) is 12.3. The third-order valence-electron chi connectivity index (χ3n) is 8.20. The second-order valence-corrected chi connectivity index (χ2v) is 11.8. The largest absolute Gasteiger partial charge is 0.465 e. The standard InChI is InChI=1S/C31H40N4O6/c1-21-11-13-23(14-12-21)24-17-34(4)28(38)31(24)15-8-16-35(20-31)26(36)25(19-41-18-22-9-6-5-7-10-22)32-27(37)30(2,3)33-29(39)40/h5-7,9-14,24-25,33H,8,15-20H2,1-4H3,(H,32,37)(H,39,40)/t24?,25-,31?/m1/s1. The van der Waals surface area contributed by atoms with Crippen molar-refractivity contribution in [2.75, 3.05) is 33.3 Å². The summed E-state index contributed by atoms with van der Waals surface area (Å²) in [6, 6.07) is 16.6. The van der Waals surface area contributed by atoms with Crippen molar-refractivity contribution in [3.05, 3.63) is 71.3 Å². The highest BCUT2D eigenvalue weighted by molar-refractivity contribution is 5.94.